The Morgan fingerprint density at radius 1 is 0.974 bits per heavy atom. The molecule has 0 radical (unpaired) electrons. The number of aromatic hydroxyl groups is 1. The summed E-state index contributed by atoms with van der Waals surface area (Å²) >= 11 is 5.93. The molecule has 7 heteroatoms. The third kappa shape index (κ3) is 4.41. The maximum absolute atomic E-state index is 10.6. The van der Waals surface area contributed by atoms with Crippen LogP contribution >= 0.6 is 12.2 Å². The number of aryl methyl sites for hydroxylation is 1. The SMILES string of the molecule is Cc1cc([C@@H]2[C@H](c3ccccn3)NC(=S)N2c2ccc(OC3CCCC3)cc2)c(C)n1-c1ccccc1O. The molecule has 0 unspecified atom stereocenters. The van der Waals surface area contributed by atoms with E-state index in [1.165, 1.54) is 12.8 Å². The quantitative estimate of drug-likeness (QED) is 0.274. The number of nitrogens with zero attached hydrogens (tertiary/aromatic N) is 3. The van der Waals surface area contributed by atoms with E-state index in [4.69, 9.17) is 17.0 Å². The van der Waals surface area contributed by atoms with Crippen LogP contribution < -0.4 is 15.0 Å². The Labute approximate surface area is 228 Å². The number of hydrogen-bond donors (Lipinski definition) is 2. The summed E-state index contributed by atoms with van der Waals surface area (Å²) in [5.41, 5.74) is 5.90. The summed E-state index contributed by atoms with van der Waals surface area (Å²) in [6.45, 7) is 4.17. The van der Waals surface area contributed by atoms with Crippen LogP contribution in [-0.2, 0) is 0 Å². The van der Waals surface area contributed by atoms with Gasteiger partial charge in [-0.1, -0.05) is 18.2 Å². The van der Waals surface area contributed by atoms with E-state index >= 15 is 0 Å². The molecule has 1 saturated heterocycles. The second-order valence-corrected chi connectivity index (χ2v) is 10.6. The molecule has 3 heterocycles. The number of hydrogen-bond acceptors (Lipinski definition) is 4. The largest absolute Gasteiger partial charge is 0.506 e. The van der Waals surface area contributed by atoms with Gasteiger partial charge in [-0.05, 0) is 112 Å². The standard InChI is InChI=1S/C31H32N4O2S/c1-20-19-25(21(2)34(20)27-12-5-6-13-28(27)36)30-29(26-11-7-8-18-32-26)33-31(38)35(30)22-14-16-24(17-15-22)37-23-9-3-4-10-23/h5-8,11-19,23,29-30,36H,3-4,9-10H2,1-2H3,(H,33,38)/t29-,30+/m0/s1. The molecule has 6 rings (SSSR count). The number of phenols is 1. The van der Waals surface area contributed by atoms with Crippen molar-refractivity contribution in [1.82, 2.24) is 14.9 Å². The highest BCUT2D eigenvalue weighted by Crippen LogP contribution is 2.44. The van der Waals surface area contributed by atoms with Crippen LogP contribution in [0.4, 0.5) is 5.69 Å². The van der Waals surface area contributed by atoms with Gasteiger partial charge in [0.15, 0.2) is 5.11 Å². The number of pyridine rings is 1. The maximum Gasteiger partial charge on any atom is 0.174 e. The lowest BCUT2D eigenvalue weighted by atomic mass is 9.96. The second kappa shape index (κ2) is 10.1. The fourth-order valence-electron chi connectivity index (χ4n) is 5.94. The van der Waals surface area contributed by atoms with Gasteiger partial charge in [0.2, 0.25) is 0 Å². The minimum Gasteiger partial charge on any atom is -0.506 e. The molecule has 2 atom stereocenters. The molecule has 0 spiro atoms. The van der Waals surface area contributed by atoms with Gasteiger partial charge in [0, 0.05) is 23.3 Å². The van der Waals surface area contributed by atoms with Gasteiger partial charge in [0.1, 0.15) is 11.5 Å². The summed E-state index contributed by atoms with van der Waals surface area (Å²) in [6, 6.07) is 23.6. The predicted molar refractivity (Wildman–Crippen MR) is 154 cm³/mol. The molecule has 38 heavy (non-hydrogen) atoms. The van der Waals surface area contributed by atoms with Crippen molar-refractivity contribution in [2.24, 2.45) is 0 Å². The Hall–Kier alpha value is -3.84. The van der Waals surface area contributed by atoms with Gasteiger partial charge in [0.05, 0.1) is 29.6 Å². The van der Waals surface area contributed by atoms with Crippen molar-refractivity contribution in [3.8, 4) is 17.2 Å². The lowest BCUT2D eigenvalue weighted by molar-refractivity contribution is 0.210. The highest BCUT2D eigenvalue weighted by molar-refractivity contribution is 7.80. The third-order valence-corrected chi connectivity index (χ3v) is 8.04. The molecule has 4 aromatic rings. The van der Waals surface area contributed by atoms with Crippen molar-refractivity contribution < 1.29 is 9.84 Å². The average molecular weight is 525 g/mol. The summed E-state index contributed by atoms with van der Waals surface area (Å²) in [4.78, 5) is 6.87. The minimum absolute atomic E-state index is 0.134. The predicted octanol–water partition coefficient (Wildman–Crippen LogP) is 6.69. The van der Waals surface area contributed by atoms with Crippen LogP contribution in [0.25, 0.3) is 5.69 Å². The Morgan fingerprint density at radius 2 is 1.71 bits per heavy atom. The summed E-state index contributed by atoms with van der Waals surface area (Å²) in [7, 11) is 0. The van der Waals surface area contributed by atoms with Gasteiger partial charge in [-0.15, -0.1) is 0 Å². The normalized spacial score (nSPS) is 19.6. The van der Waals surface area contributed by atoms with Crippen molar-refractivity contribution in [3.63, 3.8) is 0 Å². The Morgan fingerprint density at radius 3 is 2.42 bits per heavy atom. The van der Waals surface area contributed by atoms with Crippen LogP contribution in [-0.4, -0.2) is 25.9 Å². The molecule has 1 saturated carbocycles. The molecule has 2 N–H and O–H groups in total. The maximum atomic E-state index is 10.6. The number of para-hydroxylation sites is 2. The van der Waals surface area contributed by atoms with Crippen LogP contribution in [0.2, 0.25) is 0 Å². The first-order chi connectivity index (χ1) is 18.5. The zero-order valence-electron chi connectivity index (χ0n) is 21.7. The smallest absolute Gasteiger partial charge is 0.174 e. The van der Waals surface area contributed by atoms with E-state index in [1.807, 2.05) is 54.7 Å². The van der Waals surface area contributed by atoms with E-state index in [9.17, 15) is 5.11 Å². The first kappa shape index (κ1) is 24.5. The zero-order valence-corrected chi connectivity index (χ0v) is 22.5. The van der Waals surface area contributed by atoms with E-state index in [0.717, 1.165) is 52.6 Å². The van der Waals surface area contributed by atoms with Gasteiger partial charge in [-0.25, -0.2) is 0 Å². The first-order valence-electron chi connectivity index (χ1n) is 13.3. The van der Waals surface area contributed by atoms with E-state index < -0.39 is 0 Å². The molecule has 1 aliphatic heterocycles. The number of ether oxygens (including phenoxy) is 1. The number of thiocarbonyl (C=S) groups is 1. The summed E-state index contributed by atoms with van der Waals surface area (Å²) < 4.78 is 8.33. The van der Waals surface area contributed by atoms with Gasteiger partial charge in [-0.2, -0.15) is 0 Å². The molecule has 2 aromatic carbocycles. The van der Waals surface area contributed by atoms with Crippen LogP contribution in [0.5, 0.6) is 11.5 Å². The highest BCUT2D eigenvalue weighted by Gasteiger charge is 2.42. The highest BCUT2D eigenvalue weighted by atomic mass is 32.1. The van der Waals surface area contributed by atoms with E-state index in [-0.39, 0.29) is 17.8 Å². The molecule has 2 fully saturated rings. The van der Waals surface area contributed by atoms with Crippen molar-refractivity contribution in [2.45, 2.75) is 57.7 Å². The topological polar surface area (TPSA) is 62.5 Å². The molecule has 1 aliphatic carbocycles. The fourth-order valence-corrected chi connectivity index (χ4v) is 6.29. The number of phenolic OH excluding ortho intramolecular Hbond substituents is 1. The first-order valence-corrected chi connectivity index (χ1v) is 13.7. The Balaban J connectivity index is 1.42. The van der Waals surface area contributed by atoms with Gasteiger partial charge in [0.25, 0.3) is 0 Å². The number of aromatic nitrogens is 2. The Bertz CT molecular complexity index is 1440. The van der Waals surface area contributed by atoms with Crippen molar-refractivity contribution in [2.75, 3.05) is 4.90 Å². The van der Waals surface area contributed by atoms with Crippen molar-refractivity contribution in [1.29, 1.82) is 0 Å². The zero-order chi connectivity index (χ0) is 26.2. The number of rotatable bonds is 6. The molecule has 2 aromatic heterocycles. The van der Waals surface area contributed by atoms with Crippen LogP contribution in [0.1, 0.15) is 60.4 Å². The molecular weight excluding hydrogens is 492 g/mol. The average Bonchev–Trinajstić information content (AvgIpc) is 3.63. The molecule has 0 bridgehead atoms. The van der Waals surface area contributed by atoms with E-state index in [2.05, 4.69) is 51.8 Å². The Kier molecular flexibility index (Phi) is 6.54. The number of anilines is 1. The van der Waals surface area contributed by atoms with Crippen molar-refractivity contribution in [3.05, 3.63) is 102 Å². The van der Waals surface area contributed by atoms with Crippen LogP contribution in [0, 0.1) is 13.8 Å². The van der Waals surface area contributed by atoms with E-state index in [0.29, 0.717) is 11.2 Å². The monoisotopic (exact) mass is 524 g/mol. The third-order valence-electron chi connectivity index (χ3n) is 7.73. The fraction of sp³-hybridized carbons (Fsp3) is 0.290. The molecule has 6 nitrogen and oxygen atoms in total. The summed E-state index contributed by atoms with van der Waals surface area (Å²) in [5, 5.41) is 14.8. The minimum atomic E-state index is -0.142. The molecule has 0 amide bonds. The van der Waals surface area contributed by atoms with Crippen LogP contribution in [0.15, 0.2) is 79.0 Å². The lowest BCUT2D eigenvalue weighted by Crippen LogP contribution is -2.29. The molecular formula is C31H32N4O2S. The lowest BCUT2D eigenvalue weighted by Gasteiger charge is -2.28. The summed E-state index contributed by atoms with van der Waals surface area (Å²) in [5.74, 6) is 1.14. The molecule has 2 aliphatic rings. The number of benzene rings is 2. The van der Waals surface area contributed by atoms with E-state index in [1.54, 1.807) is 6.07 Å². The summed E-state index contributed by atoms with van der Waals surface area (Å²) in [6.07, 6.45) is 6.87. The van der Waals surface area contributed by atoms with Gasteiger partial charge in [-0.3, -0.25) is 4.98 Å². The number of nitrogens with one attached hydrogen (secondary N) is 1. The van der Waals surface area contributed by atoms with Gasteiger partial charge < -0.3 is 24.6 Å². The van der Waals surface area contributed by atoms with Crippen LogP contribution in [0.3, 0.4) is 0 Å². The molecule has 194 valence electrons. The second-order valence-electron chi connectivity index (χ2n) is 10.2. The van der Waals surface area contributed by atoms with Gasteiger partial charge >= 0.3 is 0 Å². The van der Waals surface area contributed by atoms with Crippen molar-refractivity contribution >= 4 is 23.0 Å².